The first-order chi connectivity index (χ1) is 27.7. The smallest absolute Gasteiger partial charge is 0.128 e. The van der Waals surface area contributed by atoms with Gasteiger partial charge in [-0.3, -0.25) is 0 Å². The largest absolute Gasteiger partial charge is 0.500 e. The van der Waals surface area contributed by atoms with Crippen LogP contribution >= 0.6 is 0 Å². The van der Waals surface area contributed by atoms with E-state index in [1.807, 2.05) is 48.5 Å². The van der Waals surface area contributed by atoms with Crippen LogP contribution in [0.25, 0.3) is 66.4 Å². The van der Waals surface area contributed by atoms with Crippen molar-refractivity contribution in [2.24, 2.45) is 0 Å². The van der Waals surface area contributed by atoms with Crippen LogP contribution in [0, 0.1) is 50.9 Å². The van der Waals surface area contributed by atoms with Crippen molar-refractivity contribution in [2.45, 2.75) is 27.4 Å². The van der Waals surface area contributed by atoms with Gasteiger partial charge in [0.1, 0.15) is 5.58 Å². The number of aryl methyl sites for hydroxylation is 4. The number of furan rings is 1. The van der Waals surface area contributed by atoms with Crippen molar-refractivity contribution in [3.8, 4) is 39.7 Å². The van der Waals surface area contributed by atoms with Crippen LogP contribution < -0.4 is 0 Å². The van der Waals surface area contributed by atoms with Gasteiger partial charge in [0.05, 0.1) is 17.2 Å². The predicted octanol–water partition coefficient (Wildman–Crippen LogP) is 10.9. The summed E-state index contributed by atoms with van der Waals surface area (Å²) < 4.78 is 98.5. The van der Waals surface area contributed by atoms with Gasteiger partial charge in [0.2, 0.25) is 0 Å². The first-order valence-electron chi connectivity index (χ1n) is 20.5. The zero-order chi connectivity index (χ0) is 42.5. The molecular formula is C43H31IrN3O-2. The normalized spacial score (nSPS) is 15.5. The van der Waals surface area contributed by atoms with Gasteiger partial charge in [-0.1, -0.05) is 78.5 Å². The maximum absolute atomic E-state index is 9.34. The summed E-state index contributed by atoms with van der Waals surface area (Å²) >= 11 is 0. The molecule has 0 aliphatic heterocycles. The van der Waals surface area contributed by atoms with Crippen LogP contribution in [0.15, 0.2) is 120 Å². The summed E-state index contributed by atoms with van der Waals surface area (Å²) in [6.07, 6.45) is 2.55. The number of pyridine rings is 2. The van der Waals surface area contributed by atoms with Crippen molar-refractivity contribution in [1.29, 1.82) is 5.26 Å². The van der Waals surface area contributed by atoms with Crippen LogP contribution in [0.5, 0.6) is 0 Å². The van der Waals surface area contributed by atoms with E-state index in [2.05, 4.69) is 22.1 Å². The maximum atomic E-state index is 9.34. The molecule has 0 aliphatic carbocycles. The molecule has 0 atom stereocenters. The molecule has 0 saturated carbocycles. The summed E-state index contributed by atoms with van der Waals surface area (Å²) in [5.41, 5.74) is 4.08. The Bertz CT molecular complexity index is 2840. The molecule has 0 bridgehead atoms. The summed E-state index contributed by atoms with van der Waals surface area (Å²) in [5.74, 6) is 0. The Kier molecular flexibility index (Phi) is 5.95. The minimum absolute atomic E-state index is 0. The molecule has 0 unspecified atom stereocenters. The number of aromatic nitrogens is 2. The van der Waals surface area contributed by atoms with E-state index in [9.17, 15) is 5.26 Å². The van der Waals surface area contributed by atoms with Gasteiger partial charge in [-0.15, -0.1) is 53.6 Å². The summed E-state index contributed by atoms with van der Waals surface area (Å²) in [7, 11) is 0. The molecule has 0 spiro atoms. The van der Waals surface area contributed by atoms with Crippen LogP contribution in [0.4, 0.5) is 0 Å². The minimum atomic E-state index is -2.58. The maximum Gasteiger partial charge on any atom is 0.128 e. The Morgan fingerprint density at radius 3 is 2.29 bits per heavy atom. The number of rotatable bonds is 3. The molecule has 0 fully saturated rings. The number of nitrogens with zero attached hydrogens (tertiary/aromatic N) is 3. The van der Waals surface area contributed by atoms with Gasteiger partial charge in [-0.05, 0) is 77.3 Å². The number of fused-ring (bicyclic) bond motifs is 5. The van der Waals surface area contributed by atoms with Gasteiger partial charge in [0, 0.05) is 59.7 Å². The van der Waals surface area contributed by atoms with Crippen LogP contribution in [0.3, 0.4) is 0 Å². The van der Waals surface area contributed by atoms with Crippen molar-refractivity contribution in [3.05, 3.63) is 155 Å². The number of nitriles is 1. The Morgan fingerprint density at radius 2 is 1.52 bits per heavy atom. The zero-order valence-electron chi connectivity index (χ0n) is 37.1. The molecule has 48 heavy (non-hydrogen) atoms. The Hall–Kier alpha value is -5.40. The van der Waals surface area contributed by atoms with Crippen molar-refractivity contribution in [3.63, 3.8) is 0 Å². The van der Waals surface area contributed by atoms with E-state index in [0.29, 0.717) is 28.1 Å². The van der Waals surface area contributed by atoms with Crippen LogP contribution in [0.2, 0.25) is 0 Å². The number of hydrogen-bond acceptors (Lipinski definition) is 4. The second kappa shape index (κ2) is 13.8. The molecule has 0 aliphatic rings. The summed E-state index contributed by atoms with van der Waals surface area (Å²) in [4.78, 5) is 8.54. The molecule has 3 aromatic heterocycles. The van der Waals surface area contributed by atoms with E-state index >= 15 is 0 Å². The monoisotopic (exact) mass is 810 g/mol. The Morgan fingerprint density at radius 1 is 0.688 bits per heavy atom. The molecule has 4 nitrogen and oxygen atoms in total. The molecule has 3 heterocycles. The van der Waals surface area contributed by atoms with E-state index in [-0.39, 0.29) is 59.0 Å². The van der Waals surface area contributed by atoms with E-state index in [1.165, 1.54) is 48.8 Å². The zero-order valence-corrected chi connectivity index (χ0v) is 27.4. The average Bonchev–Trinajstić information content (AvgIpc) is 3.59. The SMILES string of the molecule is [2H]C([2H])([2H])c1c[c-]c(-c2ccc(C([2H])([2H])[2H])cn2)cc1.[2H]C([2H])([2H])c1cnc(-c2[c-]ccc3c2oc2c4ccccc4ccc32)cc1-c1ccc(C#N)cc1C([2H])([2H])[2H].[Ir]. The van der Waals surface area contributed by atoms with Gasteiger partial charge < -0.3 is 14.4 Å². The molecule has 8 aromatic rings. The number of hydrogen-bond donors (Lipinski definition) is 0. The molecule has 235 valence electrons. The molecule has 0 amide bonds. The fourth-order valence-corrected chi connectivity index (χ4v) is 5.46. The van der Waals surface area contributed by atoms with E-state index < -0.39 is 27.4 Å². The fraction of sp³-hybridized carbons (Fsp3) is 0.0930. The number of benzene rings is 5. The average molecular weight is 810 g/mol. The quantitative estimate of drug-likeness (QED) is 0.167. The summed E-state index contributed by atoms with van der Waals surface area (Å²) in [6.45, 7) is -9.48. The van der Waals surface area contributed by atoms with Crippen LogP contribution in [-0.2, 0) is 20.1 Å². The Labute approximate surface area is 310 Å². The summed E-state index contributed by atoms with van der Waals surface area (Å²) in [6, 6.07) is 37.0. The summed E-state index contributed by atoms with van der Waals surface area (Å²) in [5, 5.41) is 13.1. The van der Waals surface area contributed by atoms with E-state index in [1.54, 1.807) is 24.3 Å². The van der Waals surface area contributed by atoms with Gasteiger partial charge >= 0.3 is 0 Å². The third-order valence-corrected chi connectivity index (χ3v) is 7.77. The molecule has 8 rings (SSSR count). The molecule has 1 radical (unpaired) electrons. The molecule has 0 N–H and O–H groups in total. The molecule has 5 heteroatoms. The predicted molar refractivity (Wildman–Crippen MR) is 191 cm³/mol. The molecule has 5 aromatic carbocycles. The first-order valence-corrected chi connectivity index (χ1v) is 14.5. The fourth-order valence-electron chi connectivity index (χ4n) is 5.46. The molecule has 0 saturated heterocycles. The first kappa shape index (κ1) is 20.8. The van der Waals surface area contributed by atoms with E-state index in [0.717, 1.165) is 27.1 Å². The third kappa shape index (κ3) is 6.29. The standard InChI is InChI=1S/C30H19N2O.C13H12N.Ir/c1-18-14-20(16-31)10-12-22(18)27-15-28(32-17-19(27)2)26-9-5-8-24-25-13-11-21-6-3-4-7-23(21)29(25)33-30(24)26;1-10-3-6-12(7-4-10)13-8-5-11(2)9-14-13;/h3-8,10-15,17H,1-2H3;3-6,8-9H,1-2H3;/q2*-1;/i2*1D3,2D3;. The second-order valence-electron chi connectivity index (χ2n) is 10.8. The molecular weight excluding hydrogens is 767 g/mol. The van der Waals surface area contributed by atoms with Crippen molar-refractivity contribution in [1.82, 2.24) is 9.97 Å². The van der Waals surface area contributed by atoms with Crippen molar-refractivity contribution in [2.75, 3.05) is 0 Å². The topological polar surface area (TPSA) is 62.7 Å². The van der Waals surface area contributed by atoms with Crippen LogP contribution in [-0.4, -0.2) is 9.97 Å². The van der Waals surface area contributed by atoms with Crippen LogP contribution in [0.1, 0.15) is 44.3 Å². The third-order valence-electron chi connectivity index (χ3n) is 7.77. The van der Waals surface area contributed by atoms with Crippen molar-refractivity contribution >= 4 is 32.7 Å². The van der Waals surface area contributed by atoms with Gasteiger partial charge in [0.25, 0.3) is 0 Å². The minimum Gasteiger partial charge on any atom is -0.500 e. The Balaban J connectivity index is 0.000000243. The van der Waals surface area contributed by atoms with Gasteiger partial charge in [-0.25, -0.2) is 0 Å². The van der Waals surface area contributed by atoms with Gasteiger partial charge in [0.15, 0.2) is 0 Å². The van der Waals surface area contributed by atoms with Gasteiger partial charge in [-0.2, -0.15) is 5.26 Å². The van der Waals surface area contributed by atoms with Crippen molar-refractivity contribution < 1.29 is 41.0 Å². The van der Waals surface area contributed by atoms with E-state index in [4.69, 9.17) is 20.9 Å². The second-order valence-corrected chi connectivity index (χ2v) is 10.8.